The minimum absolute atomic E-state index is 0.0481. The molecule has 0 amide bonds. The van der Waals surface area contributed by atoms with Crippen LogP contribution in [0.4, 0.5) is 0 Å². The van der Waals surface area contributed by atoms with Crippen molar-refractivity contribution in [2.45, 2.75) is 72.3 Å². The summed E-state index contributed by atoms with van der Waals surface area (Å²) in [5.74, 6) is 1.21. The molecule has 0 N–H and O–H groups in total. The fraction of sp³-hybridized carbons (Fsp3) is 0.938. The van der Waals surface area contributed by atoms with E-state index >= 15 is 0 Å². The summed E-state index contributed by atoms with van der Waals surface area (Å²) in [5.41, 5.74) is -0.617. The van der Waals surface area contributed by atoms with Gasteiger partial charge >= 0.3 is 0 Å². The molecular formula is C16H30O2. The molecule has 0 aromatic carbocycles. The van der Waals surface area contributed by atoms with Crippen molar-refractivity contribution in [3.63, 3.8) is 0 Å². The van der Waals surface area contributed by atoms with Crippen LogP contribution in [0, 0.1) is 17.3 Å². The summed E-state index contributed by atoms with van der Waals surface area (Å²) in [5, 5.41) is 0. The Kier molecular flexibility index (Phi) is 4.99. The fourth-order valence-corrected chi connectivity index (χ4v) is 3.76. The van der Waals surface area contributed by atoms with Crippen molar-refractivity contribution in [2.75, 3.05) is 7.11 Å². The lowest BCUT2D eigenvalue weighted by Gasteiger charge is -2.52. The van der Waals surface area contributed by atoms with Crippen molar-refractivity contribution in [3.05, 3.63) is 0 Å². The SMILES string of the molecule is COC1(C(=O)CCC(C)C)C(C)CCCC1(C)C. The number of ether oxygens (including phenoxy) is 1. The van der Waals surface area contributed by atoms with Crippen LogP contribution in [0.25, 0.3) is 0 Å². The number of ketones is 1. The van der Waals surface area contributed by atoms with E-state index in [2.05, 4.69) is 34.6 Å². The maximum atomic E-state index is 12.8. The number of hydrogen-bond donors (Lipinski definition) is 0. The average Bonchev–Trinajstić information content (AvgIpc) is 2.26. The Balaban J connectivity index is 2.96. The Bertz CT molecular complexity index is 293. The Morgan fingerprint density at radius 2 is 2.00 bits per heavy atom. The first-order valence-corrected chi connectivity index (χ1v) is 7.36. The molecule has 0 bridgehead atoms. The molecule has 1 saturated carbocycles. The third-order valence-corrected chi connectivity index (χ3v) is 4.82. The highest BCUT2D eigenvalue weighted by Gasteiger charge is 2.55. The zero-order valence-electron chi connectivity index (χ0n) is 13.0. The van der Waals surface area contributed by atoms with Crippen LogP contribution in [0.3, 0.4) is 0 Å². The topological polar surface area (TPSA) is 26.3 Å². The van der Waals surface area contributed by atoms with Gasteiger partial charge in [0.25, 0.3) is 0 Å². The average molecular weight is 254 g/mol. The van der Waals surface area contributed by atoms with Gasteiger partial charge in [-0.15, -0.1) is 0 Å². The van der Waals surface area contributed by atoms with E-state index in [9.17, 15) is 4.79 Å². The third kappa shape index (κ3) is 2.64. The maximum Gasteiger partial charge on any atom is 0.165 e. The fourth-order valence-electron chi connectivity index (χ4n) is 3.76. The second-order valence-corrected chi connectivity index (χ2v) is 6.97. The van der Waals surface area contributed by atoms with E-state index in [-0.39, 0.29) is 5.41 Å². The predicted octanol–water partition coefficient (Wildman–Crippen LogP) is 4.22. The van der Waals surface area contributed by atoms with Gasteiger partial charge in [0, 0.05) is 18.9 Å². The van der Waals surface area contributed by atoms with Gasteiger partial charge in [0.05, 0.1) is 0 Å². The monoisotopic (exact) mass is 254 g/mol. The summed E-state index contributed by atoms with van der Waals surface area (Å²) >= 11 is 0. The lowest BCUT2D eigenvalue weighted by atomic mass is 9.58. The van der Waals surface area contributed by atoms with Crippen LogP contribution in [0.5, 0.6) is 0 Å². The number of carbonyl (C=O) groups excluding carboxylic acids is 1. The van der Waals surface area contributed by atoms with Crippen molar-refractivity contribution in [1.82, 2.24) is 0 Å². The quantitative estimate of drug-likeness (QED) is 0.734. The molecule has 18 heavy (non-hydrogen) atoms. The molecular weight excluding hydrogens is 224 g/mol. The van der Waals surface area contributed by atoms with Gasteiger partial charge < -0.3 is 4.74 Å². The van der Waals surface area contributed by atoms with Gasteiger partial charge in [-0.1, -0.05) is 41.0 Å². The largest absolute Gasteiger partial charge is 0.370 e. The maximum absolute atomic E-state index is 12.8. The molecule has 1 aliphatic rings. The smallest absolute Gasteiger partial charge is 0.165 e. The first-order chi connectivity index (χ1) is 8.28. The van der Waals surface area contributed by atoms with Crippen molar-refractivity contribution in [3.8, 4) is 0 Å². The number of methoxy groups -OCH3 is 1. The Morgan fingerprint density at radius 3 is 2.44 bits per heavy atom. The standard InChI is InChI=1S/C16H30O2/c1-12(2)9-10-14(17)16(18-6)13(3)8-7-11-15(16,4)5/h12-13H,7-11H2,1-6H3. The molecule has 0 aromatic rings. The van der Waals surface area contributed by atoms with Gasteiger partial charge in [-0.3, -0.25) is 4.79 Å². The van der Waals surface area contributed by atoms with Crippen molar-refractivity contribution < 1.29 is 9.53 Å². The van der Waals surface area contributed by atoms with Gasteiger partial charge in [-0.2, -0.15) is 0 Å². The molecule has 0 radical (unpaired) electrons. The van der Waals surface area contributed by atoms with Crippen LogP contribution in [0.1, 0.15) is 66.7 Å². The Hall–Kier alpha value is -0.370. The van der Waals surface area contributed by atoms with E-state index in [1.807, 2.05) is 0 Å². The van der Waals surface area contributed by atoms with Crippen LogP contribution >= 0.6 is 0 Å². The van der Waals surface area contributed by atoms with Crippen LogP contribution in [-0.2, 0) is 9.53 Å². The Morgan fingerprint density at radius 1 is 1.39 bits per heavy atom. The molecule has 0 aromatic heterocycles. The molecule has 2 heteroatoms. The molecule has 1 aliphatic carbocycles. The van der Waals surface area contributed by atoms with Gasteiger partial charge in [0.2, 0.25) is 0 Å². The van der Waals surface area contributed by atoms with E-state index in [0.29, 0.717) is 24.0 Å². The minimum Gasteiger partial charge on any atom is -0.370 e. The minimum atomic E-state index is -0.569. The van der Waals surface area contributed by atoms with Gasteiger partial charge in [0.1, 0.15) is 5.60 Å². The number of hydrogen-bond acceptors (Lipinski definition) is 2. The number of Topliss-reactive ketones (excluding diaryl/α,β-unsaturated/α-hetero) is 1. The molecule has 0 saturated heterocycles. The molecule has 2 nitrogen and oxygen atoms in total. The normalized spacial score (nSPS) is 31.6. The predicted molar refractivity (Wildman–Crippen MR) is 75.6 cm³/mol. The molecule has 0 aliphatic heterocycles. The highest BCUT2D eigenvalue weighted by Crippen LogP contribution is 2.50. The van der Waals surface area contributed by atoms with E-state index in [4.69, 9.17) is 4.74 Å². The van der Waals surface area contributed by atoms with Crippen molar-refractivity contribution >= 4 is 5.78 Å². The molecule has 2 unspecified atom stereocenters. The summed E-state index contributed by atoms with van der Waals surface area (Å²) in [4.78, 5) is 12.8. The summed E-state index contributed by atoms with van der Waals surface area (Å²) in [6.07, 6.45) is 5.01. The van der Waals surface area contributed by atoms with Crippen molar-refractivity contribution in [1.29, 1.82) is 0 Å². The second-order valence-electron chi connectivity index (χ2n) is 6.97. The Labute approximate surface area is 112 Å². The zero-order valence-corrected chi connectivity index (χ0v) is 13.0. The van der Waals surface area contributed by atoms with Crippen LogP contribution in [0.15, 0.2) is 0 Å². The number of carbonyl (C=O) groups is 1. The first-order valence-electron chi connectivity index (χ1n) is 7.36. The van der Waals surface area contributed by atoms with Gasteiger partial charge in [0.15, 0.2) is 5.78 Å². The summed E-state index contributed by atoms with van der Waals surface area (Å²) in [6, 6.07) is 0. The van der Waals surface area contributed by atoms with Crippen LogP contribution in [0.2, 0.25) is 0 Å². The zero-order chi connectivity index (χ0) is 14.0. The van der Waals surface area contributed by atoms with E-state index in [1.165, 1.54) is 6.42 Å². The first kappa shape index (κ1) is 15.7. The van der Waals surface area contributed by atoms with Gasteiger partial charge in [-0.05, 0) is 31.1 Å². The molecule has 2 atom stereocenters. The van der Waals surface area contributed by atoms with Crippen molar-refractivity contribution in [2.24, 2.45) is 17.3 Å². The molecule has 106 valence electrons. The molecule has 1 rings (SSSR count). The van der Waals surface area contributed by atoms with E-state index < -0.39 is 5.60 Å². The van der Waals surface area contributed by atoms with E-state index in [1.54, 1.807) is 7.11 Å². The lowest BCUT2D eigenvalue weighted by molar-refractivity contribution is -0.179. The molecule has 0 heterocycles. The summed E-state index contributed by atoms with van der Waals surface area (Å²) in [7, 11) is 1.72. The number of rotatable bonds is 5. The molecule has 0 spiro atoms. The highest BCUT2D eigenvalue weighted by molar-refractivity contribution is 5.88. The summed E-state index contributed by atoms with van der Waals surface area (Å²) < 4.78 is 5.85. The van der Waals surface area contributed by atoms with E-state index in [0.717, 1.165) is 19.3 Å². The second kappa shape index (κ2) is 5.73. The summed E-state index contributed by atoms with van der Waals surface area (Å²) in [6.45, 7) is 10.9. The van der Waals surface area contributed by atoms with Crippen LogP contribution in [-0.4, -0.2) is 18.5 Å². The molecule has 1 fully saturated rings. The van der Waals surface area contributed by atoms with Gasteiger partial charge in [-0.25, -0.2) is 0 Å². The lowest BCUT2D eigenvalue weighted by Crippen LogP contribution is -2.59. The van der Waals surface area contributed by atoms with Crippen LogP contribution < -0.4 is 0 Å². The highest BCUT2D eigenvalue weighted by atomic mass is 16.5. The third-order valence-electron chi connectivity index (χ3n) is 4.82.